The Hall–Kier alpha value is -3.66. The van der Waals surface area contributed by atoms with Crippen LogP contribution in [0.4, 0.5) is 27.5 Å². The van der Waals surface area contributed by atoms with Crippen LogP contribution >= 0.6 is 0 Å². The number of aliphatic hydroxyl groups excluding tert-OH is 1. The van der Waals surface area contributed by atoms with Gasteiger partial charge in [0.2, 0.25) is 5.95 Å². The highest BCUT2D eigenvalue weighted by Gasteiger charge is 2.17. The number of anilines is 3. The number of hydrogen-bond donors (Lipinski definition) is 3. The van der Waals surface area contributed by atoms with E-state index in [1.165, 1.54) is 6.07 Å². The minimum absolute atomic E-state index is 0.0865. The fourth-order valence-corrected chi connectivity index (χ4v) is 2.40. The van der Waals surface area contributed by atoms with E-state index in [1.807, 2.05) is 0 Å². The molecule has 0 fully saturated rings. The summed E-state index contributed by atoms with van der Waals surface area (Å²) in [6, 6.07) is 8.06. The number of halogens is 1. The molecule has 1 aromatic carbocycles. The molecule has 2 aromatic heterocycles. The van der Waals surface area contributed by atoms with Gasteiger partial charge in [-0.25, -0.2) is 9.37 Å². The van der Waals surface area contributed by atoms with Gasteiger partial charge >= 0.3 is 0 Å². The zero-order chi connectivity index (χ0) is 20.1. The second-order valence-electron chi connectivity index (χ2n) is 5.98. The summed E-state index contributed by atoms with van der Waals surface area (Å²) in [5, 5.41) is 26.3. The number of nitro benzene ring substituents is 1. The maximum absolute atomic E-state index is 13.4. The van der Waals surface area contributed by atoms with Crippen LogP contribution in [-0.2, 0) is 0 Å². The molecule has 28 heavy (non-hydrogen) atoms. The topological polar surface area (TPSA) is 126 Å². The van der Waals surface area contributed by atoms with Crippen LogP contribution in [0.5, 0.6) is 0 Å². The lowest BCUT2D eigenvalue weighted by Crippen LogP contribution is -2.21. The predicted molar refractivity (Wildman–Crippen MR) is 102 cm³/mol. The fraction of sp³-hybridized carbons (Fsp3) is 0.167. The molecule has 3 N–H and O–H groups in total. The van der Waals surface area contributed by atoms with Crippen molar-refractivity contribution in [3.05, 3.63) is 64.7 Å². The van der Waals surface area contributed by atoms with Gasteiger partial charge in [0.1, 0.15) is 17.3 Å². The van der Waals surface area contributed by atoms with Crippen LogP contribution < -0.4 is 10.6 Å². The molecule has 0 aliphatic rings. The first-order chi connectivity index (χ1) is 13.5. The van der Waals surface area contributed by atoms with Crippen LogP contribution in [0.3, 0.4) is 0 Å². The molecule has 3 aromatic rings. The van der Waals surface area contributed by atoms with Gasteiger partial charge in [0, 0.05) is 30.1 Å². The molecule has 0 aliphatic carbocycles. The van der Waals surface area contributed by atoms with Crippen LogP contribution in [0.25, 0.3) is 11.3 Å². The summed E-state index contributed by atoms with van der Waals surface area (Å²) in [5.74, 6) is -0.235. The molecule has 0 bridgehead atoms. The summed E-state index contributed by atoms with van der Waals surface area (Å²) in [6.45, 7) is 1.62. The first-order valence-corrected chi connectivity index (χ1v) is 8.34. The van der Waals surface area contributed by atoms with Crippen molar-refractivity contribution in [1.29, 1.82) is 0 Å². The molecule has 1 atom stereocenters. The summed E-state index contributed by atoms with van der Waals surface area (Å²) in [7, 11) is 0. The van der Waals surface area contributed by atoms with Crippen molar-refractivity contribution in [3.63, 3.8) is 0 Å². The van der Waals surface area contributed by atoms with Crippen LogP contribution in [0.15, 0.2) is 48.8 Å². The Bertz CT molecular complexity index is 986. The second-order valence-corrected chi connectivity index (χ2v) is 5.98. The maximum Gasteiger partial charge on any atom is 0.295 e. The van der Waals surface area contributed by atoms with Gasteiger partial charge in [-0.1, -0.05) is 0 Å². The predicted octanol–water partition coefficient (Wildman–Crippen LogP) is 3.12. The van der Waals surface area contributed by atoms with Crippen molar-refractivity contribution >= 4 is 23.1 Å². The summed E-state index contributed by atoms with van der Waals surface area (Å²) >= 11 is 0. The van der Waals surface area contributed by atoms with Gasteiger partial charge in [-0.05, 0) is 31.2 Å². The largest absolute Gasteiger partial charge is 0.394 e. The average molecular weight is 384 g/mol. The molecule has 0 unspecified atom stereocenters. The van der Waals surface area contributed by atoms with Gasteiger partial charge in [-0.3, -0.25) is 15.1 Å². The number of pyridine rings is 1. The lowest BCUT2D eigenvalue weighted by Gasteiger charge is -2.14. The minimum Gasteiger partial charge on any atom is -0.394 e. The van der Waals surface area contributed by atoms with E-state index in [-0.39, 0.29) is 30.1 Å². The Morgan fingerprint density at radius 3 is 2.79 bits per heavy atom. The van der Waals surface area contributed by atoms with Gasteiger partial charge in [0.05, 0.1) is 23.3 Å². The van der Waals surface area contributed by atoms with Crippen molar-refractivity contribution in [3.8, 4) is 11.3 Å². The molecule has 3 rings (SSSR count). The molecule has 0 spiro atoms. The van der Waals surface area contributed by atoms with Gasteiger partial charge in [-0.15, -0.1) is 0 Å². The van der Waals surface area contributed by atoms with E-state index in [1.54, 1.807) is 37.5 Å². The van der Waals surface area contributed by atoms with Crippen molar-refractivity contribution in [2.75, 3.05) is 17.2 Å². The first kappa shape index (κ1) is 19.1. The number of aliphatic hydroxyl groups is 1. The zero-order valence-corrected chi connectivity index (χ0v) is 14.8. The molecule has 0 saturated heterocycles. The molecular formula is C18H17FN6O3. The quantitative estimate of drug-likeness (QED) is 0.419. The third kappa shape index (κ3) is 4.54. The summed E-state index contributed by atoms with van der Waals surface area (Å²) in [5.41, 5.74) is 0.896. The molecule has 2 heterocycles. The summed E-state index contributed by atoms with van der Waals surface area (Å²) < 4.78 is 13.4. The lowest BCUT2D eigenvalue weighted by atomic mass is 10.2. The molecule has 0 radical (unpaired) electrons. The average Bonchev–Trinajstić information content (AvgIpc) is 2.69. The number of nitrogens with one attached hydrogen (secondary N) is 2. The highest BCUT2D eigenvalue weighted by Crippen LogP contribution is 2.29. The number of benzene rings is 1. The molecule has 144 valence electrons. The Labute approximate surface area is 159 Å². The standard InChI is InChI=1S/C18H17FN6O3/c1-11(10-26)21-18-23-15(12-3-2-6-20-9-12)8-17(24-18)22-14-5-4-13(19)7-16(14)25(27)28/h2-9,11,26H,10H2,1H3,(H2,21,22,23,24)/t11-/m1/s1. The van der Waals surface area contributed by atoms with Crippen LogP contribution in [0, 0.1) is 15.9 Å². The normalized spacial score (nSPS) is 11.7. The van der Waals surface area contributed by atoms with Crippen LogP contribution in [0.2, 0.25) is 0 Å². The Balaban J connectivity index is 2.03. The smallest absolute Gasteiger partial charge is 0.295 e. The van der Waals surface area contributed by atoms with Crippen molar-refractivity contribution in [2.24, 2.45) is 0 Å². The van der Waals surface area contributed by atoms with E-state index < -0.39 is 16.4 Å². The van der Waals surface area contributed by atoms with Crippen LogP contribution in [0.1, 0.15) is 6.92 Å². The number of nitro groups is 1. The molecule has 9 nitrogen and oxygen atoms in total. The number of rotatable bonds is 7. The Morgan fingerprint density at radius 1 is 1.29 bits per heavy atom. The van der Waals surface area contributed by atoms with E-state index >= 15 is 0 Å². The zero-order valence-electron chi connectivity index (χ0n) is 14.8. The first-order valence-electron chi connectivity index (χ1n) is 8.34. The second kappa shape index (κ2) is 8.35. The van der Waals surface area contributed by atoms with Crippen LogP contribution in [-0.4, -0.2) is 37.6 Å². The molecular weight excluding hydrogens is 367 g/mol. The van der Waals surface area contributed by atoms with Crippen molar-refractivity contribution in [2.45, 2.75) is 13.0 Å². The van der Waals surface area contributed by atoms with E-state index in [2.05, 4.69) is 25.6 Å². The Morgan fingerprint density at radius 2 is 2.11 bits per heavy atom. The van der Waals surface area contributed by atoms with Crippen molar-refractivity contribution in [1.82, 2.24) is 15.0 Å². The van der Waals surface area contributed by atoms with E-state index in [9.17, 15) is 19.6 Å². The molecule has 0 aliphatic heterocycles. The van der Waals surface area contributed by atoms with Crippen molar-refractivity contribution < 1.29 is 14.4 Å². The van der Waals surface area contributed by atoms with Gasteiger partial charge in [-0.2, -0.15) is 4.98 Å². The summed E-state index contributed by atoms with van der Waals surface area (Å²) in [4.78, 5) is 23.3. The fourth-order valence-electron chi connectivity index (χ4n) is 2.40. The monoisotopic (exact) mass is 384 g/mol. The van der Waals surface area contributed by atoms with E-state index in [0.717, 1.165) is 12.1 Å². The maximum atomic E-state index is 13.4. The van der Waals surface area contributed by atoms with Gasteiger partial charge < -0.3 is 15.7 Å². The number of nitrogens with zero attached hydrogens (tertiary/aromatic N) is 4. The van der Waals surface area contributed by atoms with Gasteiger partial charge in [0.25, 0.3) is 5.69 Å². The minimum atomic E-state index is -0.713. The molecule has 0 amide bonds. The third-order valence-electron chi connectivity index (χ3n) is 3.75. The number of hydrogen-bond acceptors (Lipinski definition) is 8. The van der Waals surface area contributed by atoms with E-state index in [0.29, 0.717) is 11.3 Å². The van der Waals surface area contributed by atoms with E-state index in [4.69, 9.17) is 0 Å². The number of aromatic nitrogens is 3. The third-order valence-corrected chi connectivity index (χ3v) is 3.75. The Kier molecular flexibility index (Phi) is 5.70. The van der Waals surface area contributed by atoms with Gasteiger partial charge in [0.15, 0.2) is 0 Å². The highest BCUT2D eigenvalue weighted by atomic mass is 19.1. The molecule has 10 heteroatoms. The molecule has 0 saturated carbocycles. The lowest BCUT2D eigenvalue weighted by molar-refractivity contribution is -0.384. The SMILES string of the molecule is C[C@H](CO)Nc1nc(Nc2ccc(F)cc2[N+](=O)[O-])cc(-c2cccnc2)n1. The summed E-state index contributed by atoms with van der Waals surface area (Å²) in [6.07, 6.45) is 3.24. The highest BCUT2D eigenvalue weighted by molar-refractivity contribution is 5.71.